The second kappa shape index (κ2) is 8.21. The molecule has 0 radical (unpaired) electrons. The van der Waals surface area contributed by atoms with E-state index in [2.05, 4.69) is 34.5 Å². The average molecular weight is 380 g/mol. The zero-order valence-corrected chi connectivity index (χ0v) is 16.7. The van der Waals surface area contributed by atoms with Crippen LogP contribution >= 0.6 is 0 Å². The number of aryl methyl sites for hydroxylation is 2. The first-order chi connectivity index (χ1) is 13.6. The molecule has 2 aliphatic rings. The van der Waals surface area contributed by atoms with Crippen molar-refractivity contribution in [3.8, 4) is 0 Å². The first-order valence-electron chi connectivity index (χ1n) is 10.5. The lowest BCUT2D eigenvalue weighted by atomic mass is 9.94. The van der Waals surface area contributed by atoms with Gasteiger partial charge in [-0.1, -0.05) is 18.2 Å². The molecule has 1 amide bonds. The molecule has 1 N–H and O–H groups in total. The molecule has 5 heteroatoms. The minimum atomic E-state index is -0.243. The van der Waals surface area contributed by atoms with Crippen molar-refractivity contribution in [1.29, 1.82) is 0 Å². The van der Waals surface area contributed by atoms with E-state index in [1.807, 2.05) is 6.07 Å². The molecule has 0 bridgehead atoms. The number of benzene rings is 1. The second-order valence-electron chi connectivity index (χ2n) is 7.93. The number of rotatable bonds is 5. The summed E-state index contributed by atoms with van der Waals surface area (Å²) >= 11 is 0. The predicted molar refractivity (Wildman–Crippen MR) is 112 cm³/mol. The Morgan fingerprint density at radius 1 is 1.07 bits per heavy atom. The van der Waals surface area contributed by atoms with Crippen molar-refractivity contribution in [2.24, 2.45) is 7.05 Å². The van der Waals surface area contributed by atoms with Crippen LogP contribution < -0.4 is 15.8 Å². The summed E-state index contributed by atoms with van der Waals surface area (Å²) in [4.78, 5) is 27.6. The van der Waals surface area contributed by atoms with Crippen molar-refractivity contribution >= 4 is 11.6 Å². The van der Waals surface area contributed by atoms with E-state index < -0.39 is 0 Å². The van der Waals surface area contributed by atoms with E-state index in [0.29, 0.717) is 6.54 Å². The van der Waals surface area contributed by atoms with Gasteiger partial charge in [0.2, 0.25) is 0 Å². The van der Waals surface area contributed by atoms with Crippen molar-refractivity contribution in [3.63, 3.8) is 0 Å². The molecule has 1 aromatic heterocycles. The van der Waals surface area contributed by atoms with Crippen LogP contribution in [0.3, 0.4) is 0 Å². The maximum absolute atomic E-state index is 12.6. The highest BCUT2D eigenvalue weighted by Gasteiger charge is 2.20. The Balaban J connectivity index is 1.36. The Morgan fingerprint density at radius 2 is 1.86 bits per heavy atom. The molecule has 148 valence electrons. The van der Waals surface area contributed by atoms with Gasteiger partial charge in [0, 0.05) is 38.1 Å². The van der Waals surface area contributed by atoms with Gasteiger partial charge >= 0.3 is 0 Å². The second-order valence-corrected chi connectivity index (χ2v) is 7.93. The van der Waals surface area contributed by atoms with Crippen molar-refractivity contribution in [2.75, 3.05) is 24.5 Å². The normalized spacial score (nSPS) is 15.7. The predicted octanol–water partition coefficient (Wildman–Crippen LogP) is 2.84. The fourth-order valence-corrected chi connectivity index (χ4v) is 4.56. The molecule has 5 nitrogen and oxygen atoms in total. The lowest BCUT2D eigenvalue weighted by Gasteiger charge is -2.31. The minimum Gasteiger partial charge on any atom is -0.371 e. The van der Waals surface area contributed by atoms with Crippen LogP contribution in [0.25, 0.3) is 0 Å². The molecule has 0 atom stereocenters. The van der Waals surface area contributed by atoms with Gasteiger partial charge in [0.25, 0.3) is 11.5 Å². The van der Waals surface area contributed by atoms with Crippen molar-refractivity contribution in [3.05, 3.63) is 63.1 Å². The summed E-state index contributed by atoms with van der Waals surface area (Å²) in [5.74, 6) is -0.243. The van der Waals surface area contributed by atoms with E-state index >= 15 is 0 Å². The van der Waals surface area contributed by atoms with Gasteiger partial charge in [-0.3, -0.25) is 9.59 Å². The molecule has 4 rings (SSSR count). The third-order valence-electron chi connectivity index (χ3n) is 6.08. The molecule has 2 aromatic rings. The SMILES string of the molecule is Cn1c2c(cc(C(=O)NCCCN3CCCc4ccccc43)c1=O)CCCC2. The van der Waals surface area contributed by atoms with Gasteiger partial charge in [0.15, 0.2) is 0 Å². The zero-order valence-electron chi connectivity index (χ0n) is 16.7. The van der Waals surface area contributed by atoms with E-state index in [4.69, 9.17) is 0 Å². The van der Waals surface area contributed by atoms with Gasteiger partial charge < -0.3 is 14.8 Å². The number of amides is 1. The molecule has 0 unspecified atom stereocenters. The molecule has 1 aliphatic carbocycles. The van der Waals surface area contributed by atoms with Crippen molar-refractivity contribution in [2.45, 2.75) is 44.9 Å². The van der Waals surface area contributed by atoms with E-state index in [0.717, 1.165) is 62.9 Å². The van der Waals surface area contributed by atoms with Crippen LogP contribution in [0.5, 0.6) is 0 Å². The van der Waals surface area contributed by atoms with Crippen LogP contribution in [0, 0.1) is 0 Å². The number of pyridine rings is 1. The number of carbonyl (C=O) groups excluding carboxylic acids is 1. The van der Waals surface area contributed by atoms with E-state index in [1.165, 1.54) is 17.7 Å². The van der Waals surface area contributed by atoms with Crippen molar-refractivity contribution in [1.82, 2.24) is 9.88 Å². The summed E-state index contributed by atoms with van der Waals surface area (Å²) in [7, 11) is 1.79. The highest BCUT2D eigenvalue weighted by atomic mass is 16.2. The zero-order chi connectivity index (χ0) is 19.5. The topological polar surface area (TPSA) is 54.3 Å². The van der Waals surface area contributed by atoms with Gasteiger partial charge in [-0.2, -0.15) is 0 Å². The standard InChI is InChI=1S/C23H29N3O2/c1-25-20-11-4-3-9-18(20)16-19(23(25)28)22(27)24-13-7-15-26-14-6-10-17-8-2-5-12-21(17)26/h2,5,8,12,16H,3-4,6-7,9-11,13-15H2,1H3,(H,24,27). The fraction of sp³-hybridized carbons (Fsp3) is 0.478. The van der Waals surface area contributed by atoms with E-state index in [9.17, 15) is 9.59 Å². The first-order valence-corrected chi connectivity index (χ1v) is 10.5. The Hall–Kier alpha value is -2.56. The van der Waals surface area contributed by atoms with Crippen LogP contribution in [0.4, 0.5) is 5.69 Å². The molecular weight excluding hydrogens is 350 g/mol. The molecule has 1 aliphatic heterocycles. The summed E-state index contributed by atoms with van der Waals surface area (Å²) in [5.41, 5.74) is 5.09. The Kier molecular flexibility index (Phi) is 5.51. The minimum absolute atomic E-state index is 0.178. The number of carbonyl (C=O) groups is 1. The monoisotopic (exact) mass is 379 g/mol. The Labute approximate surface area is 166 Å². The van der Waals surface area contributed by atoms with Gasteiger partial charge in [-0.25, -0.2) is 0 Å². The molecule has 2 heterocycles. The van der Waals surface area contributed by atoms with Gasteiger partial charge in [0.1, 0.15) is 5.56 Å². The number of para-hydroxylation sites is 1. The average Bonchev–Trinajstić information content (AvgIpc) is 2.73. The summed E-state index contributed by atoms with van der Waals surface area (Å²) in [6, 6.07) is 10.4. The summed E-state index contributed by atoms with van der Waals surface area (Å²) in [6.45, 7) is 2.56. The van der Waals surface area contributed by atoms with Crippen molar-refractivity contribution < 1.29 is 4.79 Å². The molecular formula is C23H29N3O2. The number of hydrogen-bond donors (Lipinski definition) is 1. The maximum Gasteiger partial charge on any atom is 0.263 e. The Morgan fingerprint density at radius 3 is 2.75 bits per heavy atom. The first kappa shape index (κ1) is 18.8. The number of nitrogens with one attached hydrogen (secondary N) is 1. The van der Waals surface area contributed by atoms with E-state index in [-0.39, 0.29) is 17.0 Å². The van der Waals surface area contributed by atoms with Gasteiger partial charge in [-0.15, -0.1) is 0 Å². The number of hydrogen-bond acceptors (Lipinski definition) is 3. The summed E-state index contributed by atoms with van der Waals surface area (Å²) in [5, 5.41) is 2.96. The molecule has 0 saturated heterocycles. The van der Waals surface area contributed by atoms with Crippen LogP contribution in [0.1, 0.15) is 52.9 Å². The lowest BCUT2D eigenvalue weighted by molar-refractivity contribution is 0.0951. The highest BCUT2D eigenvalue weighted by Crippen LogP contribution is 2.26. The third kappa shape index (κ3) is 3.71. The third-order valence-corrected chi connectivity index (χ3v) is 6.08. The summed E-state index contributed by atoms with van der Waals surface area (Å²) < 4.78 is 1.67. The quantitative estimate of drug-likeness (QED) is 0.813. The number of nitrogens with zero attached hydrogens (tertiary/aromatic N) is 2. The number of aromatic nitrogens is 1. The van der Waals surface area contributed by atoms with Gasteiger partial charge in [0.05, 0.1) is 0 Å². The van der Waals surface area contributed by atoms with Gasteiger partial charge in [-0.05, 0) is 68.2 Å². The Bertz CT molecular complexity index is 932. The van der Waals surface area contributed by atoms with Crippen LogP contribution in [0.15, 0.2) is 35.1 Å². The molecule has 28 heavy (non-hydrogen) atoms. The largest absolute Gasteiger partial charge is 0.371 e. The molecule has 0 fully saturated rings. The van der Waals surface area contributed by atoms with Crippen LogP contribution in [-0.4, -0.2) is 30.1 Å². The maximum atomic E-state index is 12.6. The molecule has 0 spiro atoms. The van der Waals surface area contributed by atoms with Crippen LogP contribution in [-0.2, 0) is 26.3 Å². The fourth-order valence-electron chi connectivity index (χ4n) is 4.56. The number of fused-ring (bicyclic) bond motifs is 2. The van der Waals surface area contributed by atoms with Crippen LogP contribution in [0.2, 0.25) is 0 Å². The summed E-state index contributed by atoms with van der Waals surface area (Å²) in [6.07, 6.45) is 7.32. The number of anilines is 1. The highest BCUT2D eigenvalue weighted by molar-refractivity contribution is 5.94. The molecule has 0 saturated carbocycles. The smallest absolute Gasteiger partial charge is 0.263 e. The van der Waals surface area contributed by atoms with E-state index in [1.54, 1.807) is 11.6 Å². The lowest BCUT2D eigenvalue weighted by Crippen LogP contribution is -2.36. The molecule has 1 aromatic carbocycles.